The van der Waals surface area contributed by atoms with Gasteiger partial charge in [0.2, 0.25) is 0 Å². The lowest BCUT2D eigenvalue weighted by Gasteiger charge is -2.03. The highest BCUT2D eigenvalue weighted by Gasteiger charge is 2.05. The highest BCUT2D eigenvalue weighted by molar-refractivity contribution is 5.37. The van der Waals surface area contributed by atoms with Crippen LogP contribution in [0.3, 0.4) is 0 Å². The fourth-order valence-electron chi connectivity index (χ4n) is 1.35. The van der Waals surface area contributed by atoms with Gasteiger partial charge in [-0.25, -0.2) is 4.68 Å². The molecule has 0 aliphatic carbocycles. The number of aromatic nitrogens is 2. The Bertz CT molecular complexity index is 443. The molecule has 0 fully saturated rings. The Kier molecular flexibility index (Phi) is 2.00. The van der Waals surface area contributed by atoms with Gasteiger partial charge in [0.05, 0.1) is 17.6 Å². The first kappa shape index (κ1) is 8.81. The lowest BCUT2D eigenvalue weighted by atomic mass is 10.2. The van der Waals surface area contributed by atoms with E-state index in [1.165, 1.54) is 11.8 Å². The molecule has 0 atom stereocenters. The first-order valence-corrected chi connectivity index (χ1v) is 4.49. The average molecular weight is 188 g/mol. The van der Waals surface area contributed by atoms with E-state index in [0.29, 0.717) is 0 Å². The molecule has 0 aliphatic rings. The van der Waals surface area contributed by atoms with Crippen LogP contribution in [0.2, 0.25) is 0 Å². The second kappa shape index (κ2) is 3.18. The summed E-state index contributed by atoms with van der Waals surface area (Å²) in [5.41, 5.74) is 2.94. The molecule has 72 valence electrons. The van der Waals surface area contributed by atoms with E-state index in [4.69, 9.17) is 0 Å². The molecule has 1 heterocycles. The zero-order valence-corrected chi connectivity index (χ0v) is 8.23. The molecule has 0 radical (unpaired) electrons. The zero-order valence-electron chi connectivity index (χ0n) is 8.23. The number of hydrogen-bond acceptors (Lipinski definition) is 2. The minimum absolute atomic E-state index is 0.227. The predicted molar refractivity (Wildman–Crippen MR) is 54.7 cm³/mol. The van der Waals surface area contributed by atoms with Crippen molar-refractivity contribution in [2.45, 2.75) is 13.8 Å². The predicted octanol–water partition coefficient (Wildman–Crippen LogP) is 2.19. The van der Waals surface area contributed by atoms with E-state index in [1.807, 2.05) is 38.1 Å². The molecule has 0 spiro atoms. The van der Waals surface area contributed by atoms with E-state index >= 15 is 0 Å². The highest BCUT2D eigenvalue weighted by atomic mass is 16.3. The number of aromatic hydroxyl groups is 1. The van der Waals surface area contributed by atoms with E-state index in [1.54, 1.807) is 4.68 Å². The molecular weight excluding hydrogens is 176 g/mol. The standard InChI is InChI=1S/C11H12N2O/c1-8-3-5-10(6-4-8)13-9(2)11(14)7-12-13/h3-7,14H,1-2H3. The van der Waals surface area contributed by atoms with Gasteiger partial charge in [0.1, 0.15) is 0 Å². The minimum atomic E-state index is 0.227. The first-order valence-electron chi connectivity index (χ1n) is 4.49. The Balaban J connectivity index is 2.49. The maximum Gasteiger partial charge on any atom is 0.156 e. The molecule has 2 rings (SSSR count). The summed E-state index contributed by atoms with van der Waals surface area (Å²) in [5, 5.41) is 13.5. The molecule has 14 heavy (non-hydrogen) atoms. The van der Waals surface area contributed by atoms with Crippen molar-refractivity contribution < 1.29 is 5.11 Å². The van der Waals surface area contributed by atoms with Crippen LogP contribution in [0.4, 0.5) is 0 Å². The van der Waals surface area contributed by atoms with Crippen LogP contribution in [-0.2, 0) is 0 Å². The van der Waals surface area contributed by atoms with Gasteiger partial charge in [0.15, 0.2) is 5.75 Å². The van der Waals surface area contributed by atoms with Gasteiger partial charge in [-0.15, -0.1) is 0 Å². The molecule has 3 heteroatoms. The molecule has 0 saturated carbocycles. The Morgan fingerprint density at radius 1 is 1.14 bits per heavy atom. The topological polar surface area (TPSA) is 38.0 Å². The van der Waals surface area contributed by atoms with Crippen molar-refractivity contribution in [2.24, 2.45) is 0 Å². The molecule has 1 N–H and O–H groups in total. The summed E-state index contributed by atoms with van der Waals surface area (Å²) >= 11 is 0. The van der Waals surface area contributed by atoms with Gasteiger partial charge in [-0.3, -0.25) is 0 Å². The van der Waals surface area contributed by atoms with Crippen molar-refractivity contribution >= 4 is 0 Å². The quantitative estimate of drug-likeness (QED) is 0.745. The van der Waals surface area contributed by atoms with Crippen LogP contribution in [0.5, 0.6) is 5.75 Å². The van der Waals surface area contributed by atoms with E-state index in [-0.39, 0.29) is 5.75 Å². The SMILES string of the molecule is Cc1ccc(-n2ncc(O)c2C)cc1. The molecule has 0 unspecified atom stereocenters. The molecule has 1 aromatic heterocycles. The second-order valence-corrected chi connectivity index (χ2v) is 3.36. The summed E-state index contributed by atoms with van der Waals surface area (Å²) in [6, 6.07) is 8.00. The van der Waals surface area contributed by atoms with Crippen molar-refractivity contribution in [1.29, 1.82) is 0 Å². The second-order valence-electron chi connectivity index (χ2n) is 3.36. The lowest BCUT2D eigenvalue weighted by Crippen LogP contribution is -1.97. The van der Waals surface area contributed by atoms with Gasteiger partial charge < -0.3 is 5.11 Å². The third-order valence-electron chi connectivity index (χ3n) is 2.26. The van der Waals surface area contributed by atoms with Crippen LogP contribution in [0.15, 0.2) is 30.5 Å². The van der Waals surface area contributed by atoms with Crippen LogP contribution >= 0.6 is 0 Å². The van der Waals surface area contributed by atoms with E-state index < -0.39 is 0 Å². The summed E-state index contributed by atoms with van der Waals surface area (Å²) in [5.74, 6) is 0.227. The average Bonchev–Trinajstić information content (AvgIpc) is 2.50. The van der Waals surface area contributed by atoms with Crippen molar-refractivity contribution in [2.75, 3.05) is 0 Å². The maximum absolute atomic E-state index is 9.37. The largest absolute Gasteiger partial charge is 0.504 e. The summed E-state index contributed by atoms with van der Waals surface area (Å²) in [6.45, 7) is 3.87. The summed E-state index contributed by atoms with van der Waals surface area (Å²) in [6.07, 6.45) is 1.45. The lowest BCUT2D eigenvalue weighted by molar-refractivity contribution is 0.470. The maximum atomic E-state index is 9.37. The summed E-state index contributed by atoms with van der Waals surface area (Å²) < 4.78 is 1.72. The molecule has 0 aliphatic heterocycles. The number of rotatable bonds is 1. The monoisotopic (exact) mass is 188 g/mol. The smallest absolute Gasteiger partial charge is 0.156 e. The van der Waals surface area contributed by atoms with Crippen molar-refractivity contribution in [3.8, 4) is 11.4 Å². The fraction of sp³-hybridized carbons (Fsp3) is 0.182. The van der Waals surface area contributed by atoms with Crippen LogP contribution < -0.4 is 0 Å². The fourth-order valence-corrected chi connectivity index (χ4v) is 1.35. The highest BCUT2D eigenvalue weighted by Crippen LogP contribution is 2.18. The van der Waals surface area contributed by atoms with Crippen LogP contribution in [0, 0.1) is 13.8 Å². The Hall–Kier alpha value is -1.77. The van der Waals surface area contributed by atoms with Crippen LogP contribution in [0.1, 0.15) is 11.3 Å². The number of hydrogen-bond donors (Lipinski definition) is 1. The Labute approximate surface area is 82.6 Å². The number of aryl methyl sites for hydroxylation is 1. The van der Waals surface area contributed by atoms with Gasteiger partial charge in [0, 0.05) is 0 Å². The molecule has 0 bridgehead atoms. The molecule has 1 aromatic carbocycles. The van der Waals surface area contributed by atoms with Gasteiger partial charge in [-0.2, -0.15) is 5.10 Å². The minimum Gasteiger partial charge on any atom is -0.504 e. The van der Waals surface area contributed by atoms with Gasteiger partial charge in [0.25, 0.3) is 0 Å². The van der Waals surface area contributed by atoms with E-state index in [9.17, 15) is 5.11 Å². The van der Waals surface area contributed by atoms with Crippen molar-refractivity contribution in [3.05, 3.63) is 41.7 Å². The van der Waals surface area contributed by atoms with Crippen molar-refractivity contribution in [3.63, 3.8) is 0 Å². The number of benzene rings is 1. The third kappa shape index (κ3) is 1.37. The van der Waals surface area contributed by atoms with Gasteiger partial charge in [-0.05, 0) is 26.0 Å². The van der Waals surface area contributed by atoms with Crippen LogP contribution in [0.25, 0.3) is 5.69 Å². The molecule has 0 saturated heterocycles. The van der Waals surface area contributed by atoms with Crippen LogP contribution in [-0.4, -0.2) is 14.9 Å². The summed E-state index contributed by atoms with van der Waals surface area (Å²) in [7, 11) is 0. The van der Waals surface area contributed by atoms with E-state index in [2.05, 4.69) is 5.10 Å². The zero-order chi connectivity index (χ0) is 10.1. The summed E-state index contributed by atoms with van der Waals surface area (Å²) in [4.78, 5) is 0. The molecule has 0 amide bonds. The van der Waals surface area contributed by atoms with Gasteiger partial charge >= 0.3 is 0 Å². The third-order valence-corrected chi connectivity index (χ3v) is 2.26. The first-order chi connectivity index (χ1) is 6.68. The Morgan fingerprint density at radius 2 is 1.79 bits per heavy atom. The molecule has 3 nitrogen and oxygen atoms in total. The molecule has 2 aromatic rings. The molecular formula is C11H12N2O. The normalized spacial score (nSPS) is 10.4. The van der Waals surface area contributed by atoms with E-state index in [0.717, 1.165) is 11.4 Å². The van der Waals surface area contributed by atoms with Gasteiger partial charge in [-0.1, -0.05) is 17.7 Å². The number of nitrogens with zero attached hydrogens (tertiary/aromatic N) is 2. The van der Waals surface area contributed by atoms with Crippen molar-refractivity contribution in [1.82, 2.24) is 9.78 Å². The Morgan fingerprint density at radius 3 is 2.29 bits per heavy atom.